The average Bonchev–Trinajstić information content (AvgIpc) is 3.43. The van der Waals surface area contributed by atoms with E-state index in [-0.39, 0.29) is 37.4 Å². The van der Waals surface area contributed by atoms with Crippen molar-refractivity contribution in [2.75, 3.05) is 45.4 Å². The molecule has 2 aliphatic heterocycles. The minimum absolute atomic E-state index is 0.0623. The van der Waals surface area contributed by atoms with Crippen LogP contribution < -0.4 is 10.1 Å². The summed E-state index contributed by atoms with van der Waals surface area (Å²) in [6.07, 6.45) is 1.98. The molecule has 2 saturated heterocycles. The van der Waals surface area contributed by atoms with Crippen molar-refractivity contribution >= 4 is 22.5 Å². The van der Waals surface area contributed by atoms with E-state index in [1.54, 1.807) is 15.6 Å². The number of hydrogen-bond acceptors (Lipinski definition) is 8. The predicted octanol–water partition coefficient (Wildman–Crippen LogP) is 2.64. The van der Waals surface area contributed by atoms with Gasteiger partial charge in [-0.25, -0.2) is 22.4 Å². The summed E-state index contributed by atoms with van der Waals surface area (Å²) in [6.45, 7) is 0.774. The van der Waals surface area contributed by atoms with Gasteiger partial charge in [0.25, 0.3) is 5.92 Å². The highest BCUT2D eigenvalue weighted by atomic mass is 19.3. The average molecular weight is 503 g/mol. The number of ether oxygens (including phenoxy) is 2. The molecule has 0 aliphatic carbocycles. The van der Waals surface area contributed by atoms with Crippen LogP contribution in [0.2, 0.25) is 0 Å². The number of aromatic nitrogens is 6. The van der Waals surface area contributed by atoms with E-state index in [1.165, 1.54) is 11.8 Å². The summed E-state index contributed by atoms with van der Waals surface area (Å²) in [5, 5.41) is 15.3. The molecule has 1 N–H and O–H groups in total. The van der Waals surface area contributed by atoms with Crippen molar-refractivity contribution in [3.05, 3.63) is 30.5 Å². The van der Waals surface area contributed by atoms with E-state index in [9.17, 15) is 13.2 Å². The van der Waals surface area contributed by atoms with Crippen LogP contribution in [-0.2, 0) is 11.3 Å². The number of halogens is 3. The van der Waals surface area contributed by atoms with Crippen LogP contribution in [0, 0.1) is 0 Å². The van der Waals surface area contributed by atoms with Crippen LogP contribution in [-0.4, -0.2) is 92.6 Å². The lowest BCUT2D eigenvalue weighted by atomic mass is 9.98. The third kappa shape index (κ3) is 3.91. The summed E-state index contributed by atoms with van der Waals surface area (Å²) >= 11 is 0. The molecule has 0 radical (unpaired) electrons. The third-order valence-corrected chi connectivity index (χ3v) is 6.86. The van der Waals surface area contributed by atoms with Crippen LogP contribution in [0.25, 0.3) is 27.7 Å². The number of alkyl halides is 3. The maximum absolute atomic E-state index is 15.0. The zero-order valence-corrected chi connectivity index (χ0v) is 19.6. The van der Waals surface area contributed by atoms with E-state index in [2.05, 4.69) is 25.7 Å². The fraction of sp³-hybridized carbons (Fsp3) is 0.478. The molecule has 36 heavy (non-hydrogen) atoms. The second kappa shape index (κ2) is 8.89. The number of piperidine rings is 1. The van der Waals surface area contributed by atoms with E-state index in [4.69, 9.17) is 9.47 Å². The maximum Gasteiger partial charge on any atom is 0.280 e. The van der Waals surface area contributed by atoms with Crippen molar-refractivity contribution in [3.8, 4) is 17.0 Å². The SMILES string of the molecule is COc1nc(N[C@@H]2CCN(C3COC3)CC2(F)F)nn2ccc(-c3ccc4nnn(CCF)c4c3)c12. The fourth-order valence-corrected chi connectivity index (χ4v) is 4.85. The van der Waals surface area contributed by atoms with Gasteiger partial charge in [-0.2, -0.15) is 4.98 Å². The molecule has 0 bridgehead atoms. The van der Waals surface area contributed by atoms with Crippen molar-refractivity contribution in [1.82, 2.24) is 34.5 Å². The predicted molar refractivity (Wildman–Crippen MR) is 125 cm³/mol. The van der Waals surface area contributed by atoms with Crippen molar-refractivity contribution in [2.45, 2.75) is 31.0 Å². The van der Waals surface area contributed by atoms with E-state index in [1.807, 2.05) is 24.3 Å². The molecule has 0 saturated carbocycles. The largest absolute Gasteiger partial charge is 0.479 e. The first-order chi connectivity index (χ1) is 17.5. The first-order valence-electron chi connectivity index (χ1n) is 11.8. The summed E-state index contributed by atoms with van der Waals surface area (Å²) in [5.74, 6) is -2.64. The molecule has 1 aromatic carbocycles. The number of hydrogen-bond donors (Lipinski definition) is 1. The fourth-order valence-electron chi connectivity index (χ4n) is 4.85. The molecule has 0 amide bonds. The van der Waals surface area contributed by atoms with E-state index < -0.39 is 18.6 Å². The molecule has 3 aromatic heterocycles. The van der Waals surface area contributed by atoms with Gasteiger partial charge in [0.2, 0.25) is 11.8 Å². The first kappa shape index (κ1) is 23.0. The Balaban J connectivity index is 1.30. The molecule has 13 heteroatoms. The Morgan fingerprint density at radius 1 is 1.25 bits per heavy atom. The number of nitrogens with zero attached hydrogens (tertiary/aromatic N) is 7. The second-order valence-corrected chi connectivity index (χ2v) is 9.08. The quantitative estimate of drug-likeness (QED) is 0.412. The van der Waals surface area contributed by atoms with Crippen LogP contribution in [0.15, 0.2) is 30.5 Å². The maximum atomic E-state index is 15.0. The Kier molecular flexibility index (Phi) is 5.67. The lowest BCUT2D eigenvalue weighted by Crippen LogP contribution is -2.61. The Hall–Kier alpha value is -3.45. The van der Waals surface area contributed by atoms with Gasteiger partial charge in [0.1, 0.15) is 17.7 Å². The number of anilines is 1. The molecule has 6 rings (SSSR count). The van der Waals surface area contributed by atoms with Gasteiger partial charge in [-0.15, -0.1) is 10.2 Å². The third-order valence-electron chi connectivity index (χ3n) is 6.86. The van der Waals surface area contributed by atoms with Gasteiger partial charge in [-0.3, -0.25) is 4.90 Å². The first-order valence-corrected chi connectivity index (χ1v) is 11.8. The number of likely N-dealkylation sites (tertiary alicyclic amines) is 1. The lowest BCUT2D eigenvalue weighted by Gasteiger charge is -2.44. The van der Waals surface area contributed by atoms with Gasteiger partial charge in [0.15, 0.2) is 0 Å². The van der Waals surface area contributed by atoms with Gasteiger partial charge < -0.3 is 14.8 Å². The van der Waals surface area contributed by atoms with Gasteiger partial charge in [-0.05, 0) is 30.2 Å². The Bertz CT molecular complexity index is 1400. The monoisotopic (exact) mass is 502 g/mol. The van der Waals surface area contributed by atoms with Crippen molar-refractivity contribution in [1.29, 1.82) is 0 Å². The topological polar surface area (TPSA) is 94.6 Å². The summed E-state index contributed by atoms with van der Waals surface area (Å²) in [6, 6.07) is 6.36. The molecular formula is C23H25F3N8O2. The number of rotatable bonds is 7. The number of aryl methyl sites for hydroxylation is 1. The highest BCUT2D eigenvalue weighted by Gasteiger charge is 2.47. The molecule has 4 aromatic rings. The van der Waals surface area contributed by atoms with Gasteiger partial charge in [-0.1, -0.05) is 11.3 Å². The number of nitrogens with one attached hydrogen (secondary N) is 1. The summed E-state index contributed by atoms with van der Waals surface area (Å²) in [5.41, 5.74) is 3.52. The Labute approximate surface area is 204 Å². The molecule has 10 nitrogen and oxygen atoms in total. The van der Waals surface area contributed by atoms with Crippen LogP contribution in [0.3, 0.4) is 0 Å². The summed E-state index contributed by atoms with van der Waals surface area (Å²) in [7, 11) is 1.47. The summed E-state index contributed by atoms with van der Waals surface area (Å²) in [4.78, 5) is 6.19. The smallest absolute Gasteiger partial charge is 0.280 e. The molecular weight excluding hydrogens is 477 g/mol. The molecule has 0 unspecified atom stereocenters. The standard InChI is InChI=1S/C23H25F3N8O2/c1-35-21-20-16(14-2-3-17-18(10-14)33(9-6-24)31-29-17)4-8-34(20)30-22(28-21)27-19-5-7-32(13-23(19,25)26)15-11-36-12-15/h2-4,8,10,15,19H,5-7,9,11-13H2,1H3,(H,27,30)/t19-/m1/s1. The minimum Gasteiger partial charge on any atom is -0.479 e. The minimum atomic E-state index is -2.95. The zero-order valence-electron chi connectivity index (χ0n) is 19.6. The number of fused-ring (bicyclic) bond motifs is 2. The van der Waals surface area contributed by atoms with Gasteiger partial charge in [0, 0.05) is 18.3 Å². The molecule has 0 spiro atoms. The highest BCUT2D eigenvalue weighted by molar-refractivity contribution is 5.89. The van der Waals surface area contributed by atoms with Crippen molar-refractivity contribution in [2.24, 2.45) is 0 Å². The molecule has 2 fully saturated rings. The molecule has 1 atom stereocenters. The molecule has 5 heterocycles. The van der Waals surface area contributed by atoms with Crippen LogP contribution >= 0.6 is 0 Å². The zero-order chi connectivity index (χ0) is 24.9. The Morgan fingerprint density at radius 2 is 2.11 bits per heavy atom. The van der Waals surface area contributed by atoms with Crippen LogP contribution in [0.1, 0.15) is 6.42 Å². The van der Waals surface area contributed by atoms with Crippen molar-refractivity contribution < 1.29 is 22.6 Å². The lowest BCUT2D eigenvalue weighted by molar-refractivity contribution is -0.131. The van der Waals surface area contributed by atoms with Gasteiger partial charge in [0.05, 0.1) is 51.0 Å². The normalized spacial score (nSPS) is 20.6. The second-order valence-electron chi connectivity index (χ2n) is 9.08. The van der Waals surface area contributed by atoms with Crippen LogP contribution in [0.4, 0.5) is 19.1 Å². The highest BCUT2D eigenvalue weighted by Crippen LogP contribution is 2.35. The van der Waals surface area contributed by atoms with E-state index in [0.717, 1.165) is 11.1 Å². The number of methoxy groups -OCH3 is 1. The van der Waals surface area contributed by atoms with E-state index >= 15 is 0 Å². The molecule has 2 aliphatic rings. The van der Waals surface area contributed by atoms with Gasteiger partial charge >= 0.3 is 0 Å². The Morgan fingerprint density at radius 3 is 2.83 bits per heavy atom. The van der Waals surface area contributed by atoms with E-state index in [0.29, 0.717) is 36.3 Å². The van der Waals surface area contributed by atoms with Crippen LogP contribution in [0.5, 0.6) is 5.88 Å². The molecule has 190 valence electrons. The van der Waals surface area contributed by atoms with Crippen molar-refractivity contribution in [3.63, 3.8) is 0 Å². The number of benzene rings is 1. The summed E-state index contributed by atoms with van der Waals surface area (Å²) < 4.78 is 56.6.